The van der Waals surface area contributed by atoms with Gasteiger partial charge in [-0.15, -0.1) is 11.3 Å². The average molecular weight is 418 g/mol. The highest BCUT2D eigenvalue weighted by Crippen LogP contribution is 2.31. The number of aromatic nitrogens is 2. The monoisotopic (exact) mass is 417 g/mol. The van der Waals surface area contributed by atoms with Gasteiger partial charge in [-0.05, 0) is 38.4 Å². The molecule has 0 radical (unpaired) electrons. The summed E-state index contributed by atoms with van der Waals surface area (Å²) in [6, 6.07) is 6.81. The number of methoxy groups -OCH3 is 2. The molecule has 29 heavy (non-hydrogen) atoms. The Morgan fingerprint density at radius 1 is 1.14 bits per heavy atom. The van der Waals surface area contributed by atoms with E-state index in [1.165, 1.54) is 18.4 Å². The molecule has 0 aliphatic heterocycles. The summed E-state index contributed by atoms with van der Waals surface area (Å²) in [4.78, 5) is 20.4. The fraction of sp³-hybridized carbons (Fsp3) is 0.300. The number of hydrogen-bond donors (Lipinski definition) is 3. The molecule has 2 aromatic heterocycles. The van der Waals surface area contributed by atoms with Gasteiger partial charge in [0.2, 0.25) is 5.95 Å². The molecule has 156 valence electrons. The second-order valence-corrected chi connectivity index (χ2v) is 6.42. The van der Waals surface area contributed by atoms with Gasteiger partial charge in [0, 0.05) is 10.9 Å². The second kappa shape index (κ2) is 11.7. The molecule has 4 N–H and O–H groups in total. The molecule has 0 saturated carbocycles. The molecule has 0 fully saturated rings. The van der Waals surface area contributed by atoms with E-state index in [-0.39, 0.29) is 11.7 Å². The Kier molecular flexibility index (Phi) is 9.70. The minimum Gasteiger partial charge on any atom is -0.493 e. The van der Waals surface area contributed by atoms with Crippen LogP contribution in [0.3, 0.4) is 0 Å². The highest BCUT2D eigenvalue weighted by Gasteiger charge is 2.17. The maximum absolute atomic E-state index is 11.0. The lowest BCUT2D eigenvalue weighted by atomic mass is 10.0. The number of nitrogens with zero attached hydrogens (tertiary/aromatic N) is 2. The summed E-state index contributed by atoms with van der Waals surface area (Å²) in [5.41, 5.74) is 6.86. The quantitative estimate of drug-likeness (QED) is 0.429. The van der Waals surface area contributed by atoms with Crippen molar-refractivity contribution in [3.63, 3.8) is 0 Å². The van der Waals surface area contributed by atoms with E-state index >= 15 is 0 Å². The van der Waals surface area contributed by atoms with Crippen LogP contribution in [0.2, 0.25) is 0 Å². The van der Waals surface area contributed by atoms with E-state index in [0.29, 0.717) is 37.9 Å². The van der Waals surface area contributed by atoms with Gasteiger partial charge in [0.25, 0.3) is 0 Å². The van der Waals surface area contributed by atoms with E-state index in [2.05, 4.69) is 15.3 Å². The lowest BCUT2D eigenvalue weighted by Crippen LogP contribution is -2.08. The Balaban J connectivity index is 0.000000771. The SMILES string of the molecule is CC.CNC.COc1ccc(C(=N)c2nc(N)nc3sc(C=O)cc23)cc1OC. The zero-order valence-electron chi connectivity index (χ0n) is 17.5. The first-order valence-corrected chi connectivity index (χ1v) is 9.72. The summed E-state index contributed by atoms with van der Waals surface area (Å²) < 4.78 is 10.5. The second-order valence-electron chi connectivity index (χ2n) is 5.36. The summed E-state index contributed by atoms with van der Waals surface area (Å²) in [7, 11) is 6.82. The molecule has 0 atom stereocenters. The van der Waals surface area contributed by atoms with E-state index < -0.39 is 0 Å². The summed E-state index contributed by atoms with van der Waals surface area (Å²) >= 11 is 1.21. The summed E-state index contributed by atoms with van der Waals surface area (Å²) in [6.45, 7) is 4.00. The average Bonchev–Trinajstić information content (AvgIpc) is 3.17. The number of nitrogen functional groups attached to an aromatic ring is 1. The minimum absolute atomic E-state index is 0.0574. The first kappa shape index (κ1) is 24.0. The zero-order valence-corrected chi connectivity index (χ0v) is 18.3. The molecule has 0 aliphatic carbocycles. The van der Waals surface area contributed by atoms with Crippen molar-refractivity contribution in [2.45, 2.75) is 13.8 Å². The van der Waals surface area contributed by atoms with Gasteiger partial charge in [-0.2, -0.15) is 0 Å². The van der Waals surface area contributed by atoms with Crippen LogP contribution in [0.25, 0.3) is 10.2 Å². The molecule has 1 aromatic carbocycles. The number of nitrogens with two attached hydrogens (primary N) is 1. The highest BCUT2D eigenvalue weighted by molar-refractivity contribution is 7.20. The molecule has 8 nitrogen and oxygen atoms in total. The van der Waals surface area contributed by atoms with Gasteiger partial charge >= 0.3 is 0 Å². The molecule has 0 saturated heterocycles. The van der Waals surface area contributed by atoms with Gasteiger partial charge in [0.1, 0.15) is 10.5 Å². The Bertz CT molecular complexity index is 972. The van der Waals surface area contributed by atoms with Gasteiger partial charge < -0.3 is 20.5 Å². The van der Waals surface area contributed by atoms with Crippen molar-refractivity contribution in [2.24, 2.45) is 0 Å². The van der Waals surface area contributed by atoms with Gasteiger partial charge in [0.15, 0.2) is 17.8 Å². The van der Waals surface area contributed by atoms with Gasteiger partial charge in [0.05, 0.1) is 24.8 Å². The Labute approximate surface area is 174 Å². The van der Waals surface area contributed by atoms with Crippen molar-refractivity contribution >= 4 is 39.5 Å². The molecular weight excluding hydrogens is 390 g/mol. The first-order valence-electron chi connectivity index (χ1n) is 8.91. The van der Waals surface area contributed by atoms with Crippen LogP contribution in [0.5, 0.6) is 11.5 Å². The molecule has 0 spiro atoms. The molecule has 9 heteroatoms. The topological polar surface area (TPSA) is 123 Å². The van der Waals surface area contributed by atoms with E-state index in [0.717, 1.165) is 6.29 Å². The lowest BCUT2D eigenvalue weighted by molar-refractivity contribution is 0.112. The van der Waals surface area contributed by atoms with Crippen molar-refractivity contribution in [3.8, 4) is 11.5 Å². The number of carbonyl (C=O) groups is 1. The lowest BCUT2D eigenvalue weighted by Gasteiger charge is -2.11. The Morgan fingerprint density at radius 3 is 2.31 bits per heavy atom. The predicted octanol–water partition coefficient (Wildman–Crippen LogP) is 3.38. The van der Waals surface area contributed by atoms with E-state index in [4.69, 9.17) is 20.6 Å². The smallest absolute Gasteiger partial charge is 0.222 e. The largest absolute Gasteiger partial charge is 0.493 e. The molecule has 0 aliphatic rings. The molecule has 2 heterocycles. The van der Waals surface area contributed by atoms with Crippen molar-refractivity contribution in [2.75, 3.05) is 34.0 Å². The van der Waals surface area contributed by atoms with Crippen molar-refractivity contribution in [1.29, 1.82) is 5.41 Å². The number of ether oxygens (including phenoxy) is 2. The molecular formula is C20H27N5O3S. The van der Waals surface area contributed by atoms with E-state index in [9.17, 15) is 4.79 Å². The van der Waals surface area contributed by atoms with Crippen LogP contribution >= 0.6 is 11.3 Å². The fourth-order valence-electron chi connectivity index (χ4n) is 2.33. The predicted molar refractivity (Wildman–Crippen MR) is 119 cm³/mol. The van der Waals surface area contributed by atoms with Gasteiger partial charge in [-0.1, -0.05) is 13.8 Å². The summed E-state index contributed by atoms with van der Waals surface area (Å²) in [6.07, 6.45) is 0.742. The number of rotatable bonds is 5. The van der Waals surface area contributed by atoms with Crippen LogP contribution in [0.4, 0.5) is 5.95 Å². The third-order valence-electron chi connectivity index (χ3n) is 3.45. The first-order chi connectivity index (χ1) is 14.0. The normalized spacial score (nSPS) is 9.59. The van der Waals surface area contributed by atoms with E-state index in [1.54, 1.807) is 31.4 Å². The third-order valence-corrected chi connectivity index (χ3v) is 4.41. The van der Waals surface area contributed by atoms with Crippen LogP contribution in [0, 0.1) is 5.41 Å². The maximum atomic E-state index is 11.0. The van der Waals surface area contributed by atoms with Crippen molar-refractivity contribution in [3.05, 3.63) is 40.4 Å². The van der Waals surface area contributed by atoms with Crippen LogP contribution < -0.4 is 20.5 Å². The van der Waals surface area contributed by atoms with E-state index in [1.807, 2.05) is 27.9 Å². The van der Waals surface area contributed by atoms with Crippen LogP contribution in [-0.4, -0.2) is 50.3 Å². The van der Waals surface area contributed by atoms with Crippen LogP contribution in [0.1, 0.15) is 34.8 Å². The van der Waals surface area contributed by atoms with Crippen molar-refractivity contribution < 1.29 is 14.3 Å². The molecule has 0 amide bonds. The molecule has 3 aromatic rings. The number of hydrogen-bond acceptors (Lipinski definition) is 9. The number of fused-ring (bicyclic) bond motifs is 1. The number of carbonyl (C=O) groups excluding carboxylic acids is 1. The van der Waals surface area contributed by atoms with Gasteiger partial charge in [-0.3, -0.25) is 10.2 Å². The Hall–Kier alpha value is -3.04. The number of thiophene rings is 1. The van der Waals surface area contributed by atoms with Crippen molar-refractivity contribution in [1.82, 2.24) is 15.3 Å². The zero-order chi connectivity index (χ0) is 22.0. The standard InChI is InChI=1S/C16H14N4O3S.C2H7N.C2H6/c1-22-11-4-3-8(5-12(11)23-2)13(17)14-10-6-9(7-21)24-15(10)20-16(18)19-14;1-3-2;1-2/h3-7,17H,1-2H3,(H2,18,19,20);3H,1-2H3;1-2H3. The van der Waals surface area contributed by atoms with Gasteiger partial charge in [-0.25, -0.2) is 9.97 Å². The number of anilines is 1. The Morgan fingerprint density at radius 2 is 1.76 bits per heavy atom. The molecule has 3 rings (SSSR count). The molecule has 0 bridgehead atoms. The maximum Gasteiger partial charge on any atom is 0.222 e. The minimum atomic E-state index is 0.0574. The third kappa shape index (κ3) is 5.72. The summed E-state index contributed by atoms with van der Waals surface area (Å²) in [5, 5.41) is 11.9. The van der Waals surface area contributed by atoms with Crippen LogP contribution in [0.15, 0.2) is 24.3 Å². The fourth-order valence-corrected chi connectivity index (χ4v) is 3.19. The summed E-state index contributed by atoms with van der Waals surface area (Å²) in [5.74, 6) is 1.14. The number of benzene rings is 1. The number of nitrogens with one attached hydrogen (secondary N) is 2. The number of aldehydes is 1. The highest BCUT2D eigenvalue weighted by atomic mass is 32.1. The van der Waals surface area contributed by atoms with Crippen LogP contribution in [-0.2, 0) is 0 Å². The molecule has 0 unspecified atom stereocenters.